The summed E-state index contributed by atoms with van der Waals surface area (Å²) in [5.74, 6) is 0. The number of fused-ring (bicyclic) bond motifs is 1. The third kappa shape index (κ3) is 4.66. The van der Waals surface area contributed by atoms with Gasteiger partial charge in [0.25, 0.3) is 0 Å². The molecule has 0 fully saturated rings. The van der Waals surface area contributed by atoms with Crippen LogP contribution in [0, 0.1) is 0 Å². The first-order valence-electron chi connectivity index (χ1n) is 7.38. The van der Waals surface area contributed by atoms with Gasteiger partial charge in [-0.25, -0.2) is 12.7 Å². The van der Waals surface area contributed by atoms with Gasteiger partial charge in [-0.15, -0.1) is 11.3 Å². The molecule has 1 aliphatic carbocycles. The van der Waals surface area contributed by atoms with E-state index in [1.165, 1.54) is 27.4 Å². The first kappa shape index (κ1) is 17.2. The topological polar surface area (TPSA) is 49.4 Å². The van der Waals surface area contributed by atoms with Crippen molar-refractivity contribution in [1.82, 2.24) is 9.62 Å². The van der Waals surface area contributed by atoms with Gasteiger partial charge in [-0.05, 0) is 43.9 Å². The van der Waals surface area contributed by atoms with Gasteiger partial charge < -0.3 is 5.32 Å². The molecular weight excluding hydrogens is 328 g/mol. The molecule has 1 heterocycles. The Kier molecular flexibility index (Phi) is 6.08. The highest BCUT2D eigenvalue weighted by Crippen LogP contribution is 2.37. The van der Waals surface area contributed by atoms with Crippen LogP contribution in [0.5, 0.6) is 0 Å². The summed E-state index contributed by atoms with van der Waals surface area (Å²) < 4.78 is 25.4. The average molecular weight is 351 g/mol. The Morgan fingerprint density at radius 2 is 2.29 bits per heavy atom. The molecule has 120 valence electrons. The maximum absolute atomic E-state index is 11.5. The SMILES string of the molecule is CCN(CCCNC1CCCc2sc(Cl)cc21)S(C)(=O)=O. The maximum Gasteiger partial charge on any atom is 0.211 e. The van der Waals surface area contributed by atoms with Crippen molar-refractivity contribution in [2.75, 3.05) is 25.9 Å². The van der Waals surface area contributed by atoms with Crippen molar-refractivity contribution >= 4 is 33.0 Å². The molecule has 0 saturated heterocycles. The predicted molar refractivity (Wildman–Crippen MR) is 89.7 cm³/mol. The molecule has 0 aromatic carbocycles. The molecule has 1 aromatic heterocycles. The highest BCUT2D eigenvalue weighted by molar-refractivity contribution is 7.88. The van der Waals surface area contributed by atoms with Crippen molar-refractivity contribution in [2.45, 2.75) is 38.6 Å². The number of aryl methyl sites for hydroxylation is 1. The first-order chi connectivity index (χ1) is 9.91. The van der Waals surface area contributed by atoms with Crippen molar-refractivity contribution in [2.24, 2.45) is 0 Å². The summed E-state index contributed by atoms with van der Waals surface area (Å²) >= 11 is 7.79. The summed E-state index contributed by atoms with van der Waals surface area (Å²) in [6, 6.07) is 2.44. The molecule has 21 heavy (non-hydrogen) atoms. The fraction of sp³-hybridized carbons (Fsp3) is 0.714. The van der Waals surface area contributed by atoms with Gasteiger partial charge in [0.05, 0.1) is 10.6 Å². The lowest BCUT2D eigenvalue weighted by Crippen LogP contribution is -2.33. The van der Waals surface area contributed by atoms with Gasteiger partial charge in [0.2, 0.25) is 10.0 Å². The molecule has 0 radical (unpaired) electrons. The molecule has 1 N–H and O–H groups in total. The minimum atomic E-state index is -3.08. The Bertz CT molecular complexity index is 572. The average Bonchev–Trinajstić information content (AvgIpc) is 2.78. The molecule has 0 bridgehead atoms. The van der Waals surface area contributed by atoms with E-state index in [1.54, 1.807) is 11.3 Å². The highest BCUT2D eigenvalue weighted by Gasteiger charge is 2.22. The van der Waals surface area contributed by atoms with E-state index in [4.69, 9.17) is 11.6 Å². The molecule has 1 unspecified atom stereocenters. The lowest BCUT2D eigenvalue weighted by molar-refractivity contribution is 0.401. The number of hydrogen-bond donors (Lipinski definition) is 1. The maximum atomic E-state index is 11.5. The van der Waals surface area contributed by atoms with Crippen LogP contribution in [-0.2, 0) is 16.4 Å². The Balaban J connectivity index is 1.82. The van der Waals surface area contributed by atoms with Crippen LogP contribution in [0.2, 0.25) is 4.34 Å². The smallest absolute Gasteiger partial charge is 0.211 e. The van der Waals surface area contributed by atoms with Gasteiger partial charge in [0.1, 0.15) is 0 Å². The van der Waals surface area contributed by atoms with Crippen molar-refractivity contribution in [3.8, 4) is 0 Å². The summed E-state index contributed by atoms with van der Waals surface area (Å²) in [6.45, 7) is 3.80. The van der Waals surface area contributed by atoms with Crippen molar-refractivity contribution < 1.29 is 8.42 Å². The molecule has 7 heteroatoms. The van der Waals surface area contributed by atoms with Gasteiger partial charge in [-0.3, -0.25) is 0 Å². The largest absolute Gasteiger partial charge is 0.310 e. The fourth-order valence-electron chi connectivity index (χ4n) is 2.82. The van der Waals surface area contributed by atoms with Crippen LogP contribution in [0.1, 0.15) is 42.7 Å². The zero-order valence-corrected chi connectivity index (χ0v) is 15.0. The number of halogens is 1. The number of hydrogen-bond acceptors (Lipinski definition) is 4. The van der Waals surface area contributed by atoms with E-state index in [9.17, 15) is 8.42 Å². The second-order valence-electron chi connectivity index (χ2n) is 5.44. The summed E-state index contributed by atoms with van der Waals surface area (Å²) in [6.07, 6.45) is 5.54. The van der Waals surface area contributed by atoms with E-state index < -0.39 is 10.0 Å². The lowest BCUT2D eigenvalue weighted by atomic mass is 9.94. The molecular formula is C14H23ClN2O2S2. The Morgan fingerprint density at radius 3 is 2.95 bits per heavy atom. The number of sulfonamides is 1. The number of thiophene rings is 1. The summed E-state index contributed by atoms with van der Waals surface area (Å²) in [5, 5.41) is 3.55. The van der Waals surface area contributed by atoms with Crippen molar-refractivity contribution in [3.63, 3.8) is 0 Å². The van der Waals surface area contributed by atoms with E-state index in [2.05, 4.69) is 11.4 Å². The molecule has 1 atom stereocenters. The highest BCUT2D eigenvalue weighted by atomic mass is 35.5. The zero-order valence-electron chi connectivity index (χ0n) is 12.6. The number of rotatable bonds is 7. The van der Waals surface area contributed by atoms with Gasteiger partial charge >= 0.3 is 0 Å². The third-order valence-electron chi connectivity index (χ3n) is 3.88. The predicted octanol–water partition coefficient (Wildman–Crippen LogP) is 3.04. The number of nitrogens with zero attached hydrogens (tertiary/aromatic N) is 1. The fourth-order valence-corrected chi connectivity index (χ4v) is 5.14. The Hall–Kier alpha value is -0.140. The quantitative estimate of drug-likeness (QED) is 0.769. The van der Waals surface area contributed by atoms with Crippen LogP contribution in [-0.4, -0.2) is 38.6 Å². The minimum Gasteiger partial charge on any atom is -0.310 e. The van der Waals surface area contributed by atoms with Gasteiger partial charge in [-0.2, -0.15) is 0 Å². The second kappa shape index (κ2) is 7.42. The summed E-state index contributed by atoms with van der Waals surface area (Å²) in [5.41, 5.74) is 1.34. The van der Waals surface area contributed by atoms with Crippen molar-refractivity contribution in [3.05, 3.63) is 20.8 Å². The van der Waals surface area contributed by atoms with Crippen LogP contribution in [0.25, 0.3) is 0 Å². The number of nitrogens with one attached hydrogen (secondary N) is 1. The summed E-state index contributed by atoms with van der Waals surface area (Å²) in [7, 11) is -3.08. The lowest BCUT2D eigenvalue weighted by Gasteiger charge is -2.24. The molecule has 1 aliphatic rings. The van der Waals surface area contributed by atoms with Crippen LogP contribution >= 0.6 is 22.9 Å². The molecule has 0 spiro atoms. The Labute approximate surface area is 136 Å². The minimum absolute atomic E-state index is 0.366. The van der Waals surface area contributed by atoms with E-state index in [1.807, 2.05) is 6.92 Å². The molecule has 0 saturated carbocycles. The van der Waals surface area contributed by atoms with E-state index in [-0.39, 0.29) is 0 Å². The van der Waals surface area contributed by atoms with Crippen LogP contribution in [0.15, 0.2) is 6.07 Å². The summed E-state index contributed by atoms with van der Waals surface area (Å²) in [4.78, 5) is 1.40. The standard InChI is InChI=1S/C14H23ClN2O2S2/c1-3-17(21(2,18)19)9-5-8-16-12-6-4-7-13-11(12)10-14(15)20-13/h10,12,16H,3-9H2,1-2H3. The van der Waals surface area contributed by atoms with Gasteiger partial charge in [0, 0.05) is 24.0 Å². The monoisotopic (exact) mass is 350 g/mol. The van der Waals surface area contributed by atoms with E-state index >= 15 is 0 Å². The first-order valence-corrected chi connectivity index (χ1v) is 10.4. The second-order valence-corrected chi connectivity index (χ2v) is 9.19. The Morgan fingerprint density at radius 1 is 1.52 bits per heavy atom. The van der Waals surface area contributed by atoms with Crippen molar-refractivity contribution in [1.29, 1.82) is 0 Å². The van der Waals surface area contributed by atoms with Gasteiger partial charge in [0.15, 0.2) is 0 Å². The van der Waals surface area contributed by atoms with Gasteiger partial charge in [-0.1, -0.05) is 18.5 Å². The molecule has 2 rings (SSSR count). The molecule has 0 amide bonds. The normalized spacial score (nSPS) is 19.0. The van der Waals surface area contributed by atoms with E-state index in [0.717, 1.165) is 30.1 Å². The van der Waals surface area contributed by atoms with Crippen LogP contribution in [0.4, 0.5) is 0 Å². The van der Waals surface area contributed by atoms with E-state index in [0.29, 0.717) is 19.1 Å². The van der Waals surface area contributed by atoms with Crippen LogP contribution < -0.4 is 5.32 Å². The molecule has 4 nitrogen and oxygen atoms in total. The van der Waals surface area contributed by atoms with Crippen LogP contribution in [0.3, 0.4) is 0 Å². The molecule has 0 aliphatic heterocycles. The third-order valence-corrected chi connectivity index (χ3v) is 6.60. The molecule has 1 aromatic rings. The zero-order chi connectivity index (χ0) is 15.5.